The van der Waals surface area contributed by atoms with Crippen molar-refractivity contribution >= 4 is 11.7 Å². The molecule has 0 unspecified atom stereocenters. The third-order valence-electron chi connectivity index (χ3n) is 3.68. The van der Waals surface area contributed by atoms with Gasteiger partial charge in [0.05, 0.1) is 5.56 Å². The molecule has 1 aromatic rings. The standard InChI is InChI=1S/C13H16F3N3O2/c14-13(15,16)9-2-1-8(10(17)21)11(19-9)18-7-12(3-4-12)5-6-20/h1-2,20H,3-7H2,(H2,17,21)(H,18,19). The zero-order valence-electron chi connectivity index (χ0n) is 11.2. The van der Waals surface area contributed by atoms with Gasteiger partial charge in [0.1, 0.15) is 11.5 Å². The molecule has 1 aromatic heterocycles. The Morgan fingerprint density at radius 3 is 2.57 bits per heavy atom. The minimum absolute atomic E-state index is 0.0143. The lowest BCUT2D eigenvalue weighted by Gasteiger charge is -2.17. The number of hydrogen-bond donors (Lipinski definition) is 3. The number of alkyl halides is 3. The van der Waals surface area contributed by atoms with Crippen LogP contribution in [-0.2, 0) is 6.18 Å². The summed E-state index contributed by atoms with van der Waals surface area (Å²) in [7, 11) is 0. The van der Waals surface area contributed by atoms with Gasteiger partial charge in [0.15, 0.2) is 0 Å². The number of carbonyl (C=O) groups excluding carboxylic acids is 1. The van der Waals surface area contributed by atoms with E-state index < -0.39 is 17.8 Å². The van der Waals surface area contributed by atoms with Crippen LogP contribution in [-0.4, -0.2) is 29.1 Å². The zero-order chi connectivity index (χ0) is 15.7. The third-order valence-corrected chi connectivity index (χ3v) is 3.68. The molecule has 1 amide bonds. The molecule has 8 heteroatoms. The van der Waals surface area contributed by atoms with Gasteiger partial charge in [-0.25, -0.2) is 4.98 Å². The summed E-state index contributed by atoms with van der Waals surface area (Å²) >= 11 is 0. The molecule has 0 saturated heterocycles. The molecule has 0 spiro atoms. The van der Waals surface area contributed by atoms with Gasteiger partial charge in [-0.15, -0.1) is 0 Å². The summed E-state index contributed by atoms with van der Waals surface area (Å²) in [5, 5.41) is 11.7. The number of amides is 1. The van der Waals surface area contributed by atoms with Crippen LogP contribution in [0.2, 0.25) is 0 Å². The van der Waals surface area contributed by atoms with Gasteiger partial charge in [-0.05, 0) is 36.8 Å². The number of nitrogens with two attached hydrogens (primary N) is 1. The lowest BCUT2D eigenvalue weighted by Crippen LogP contribution is -2.22. The summed E-state index contributed by atoms with van der Waals surface area (Å²) in [6, 6.07) is 1.75. The maximum atomic E-state index is 12.7. The van der Waals surface area contributed by atoms with E-state index in [4.69, 9.17) is 10.8 Å². The van der Waals surface area contributed by atoms with Crippen molar-refractivity contribution in [2.45, 2.75) is 25.4 Å². The number of rotatable bonds is 6. The number of pyridine rings is 1. The molecule has 1 fully saturated rings. The van der Waals surface area contributed by atoms with Gasteiger partial charge in [0.25, 0.3) is 5.91 Å². The van der Waals surface area contributed by atoms with Gasteiger partial charge in [-0.1, -0.05) is 0 Å². The number of nitrogens with one attached hydrogen (secondary N) is 1. The lowest BCUT2D eigenvalue weighted by molar-refractivity contribution is -0.141. The molecule has 21 heavy (non-hydrogen) atoms. The first-order valence-corrected chi connectivity index (χ1v) is 6.50. The van der Waals surface area contributed by atoms with E-state index >= 15 is 0 Å². The molecule has 4 N–H and O–H groups in total. The average Bonchev–Trinajstić information content (AvgIpc) is 3.15. The second-order valence-corrected chi connectivity index (χ2v) is 5.28. The molecule has 0 aromatic carbocycles. The highest BCUT2D eigenvalue weighted by Gasteiger charge is 2.42. The summed E-state index contributed by atoms with van der Waals surface area (Å²) in [5.74, 6) is -1.01. The highest BCUT2D eigenvalue weighted by atomic mass is 19.4. The van der Waals surface area contributed by atoms with Crippen molar-refractivity contribution in [2.75, 3.05) is 18.5 Å². The molecule has 1 aliphatic carbocycles. The van der Waals surface area contributed by atoms with E-state index in [1.807, 2.05) is 0 Å². The summed E-state index contributed by atoms with van der Waals surface area (Å²) in [5.41, 5.74) is 3.86. The number of aromatic nitrogens is 1. The quantitative estimate of drug-likeness (QED) is 0.747. The van der Waals surface area contributed by atoms with E-state index in [1.165, 1.54) is 0 Å². The van der Waals surface area contributed by atoms with Crippen LogP contribution in [0.3, 0.4) is 0 Å². The second-order valence-electron chi connectivity index (χ2n) is 5.28. The van der Waals surface area contributed by atoms with Gasteiger partial charge < -0.3 is 16.2 Å². The van der Waals surface area contributed by atoms with E-state index in [0.717, 1.165) is 25.0 Å². The van der Waals surface area contributed by atoms with Crippen molar-refractivity contribution in [3.8, 4) is 0 Å². The number of halogens is 3. The van der Waals surface area contributed by atoms with Crippen molar-refractivity contribution in [3.63, 3.8) is 0 Å². The maximum Gasteiger partial charge on any atom is 0.433 e. The first-order valence-electron chi connectivity index (χ1n) is 6.50. The Kier molecular flexibility index (Phi) is 4.08. The molecule has 1 aliphatic rings. The number of aliphatic hydroxyl groups is 1. The van der Waals surface area contributed by atoms with Crippen molar-refractivity contribution < 1.29 is 23.1 Å². The number of hydrogen-bond acceptors (Lipinski definition) is 4. The molecule has 0 atom stereocenters. The van der Waals surface area contributed by atoms with Crippen LogP contribution < -0.4 is 11.1 Å². The molecule has 0 aliphatic heterocycles. The number of anilines is 1. The predicted octanol–water partition coefficient (Wildman–Crippen LogP) is 1.77. The minimum atomic E-state index is -4.59. The van der Waals surface area contributed by atoms with Crippen LogP contribution in [0.1, 0.15) is 35.3 Å². The van der Waals surface area contributed by atoms with Crippen LogP contribution in [0, 0.1) is 5.41 Å². The number of aliphatic hydroxyl groups excluding tert-OH is 1. The largest absolute Gasteiger partial charge is 0.433 e. The fourth-order valence-electron chi connectivity index (χ4n) is 2.15. The smallest absolute Gasteiger partial charge is 0.396 e. The summed E-state index contributed by atoms with van der Waals surface area (Å²) in [6.45, 7) is 0.364. The summed E-state index contributed by atoms with van der Waals surface area (Å²) in [6.07, 6.45) is -2.27. The second kappa shape index (κ2) is 5.51. The van der Waals surface area contributed by atoms with E-state index in [1.54, 1.807) is 0 Å². The van der Waals surface area contributed by atoms with Gasteiger partial charge in [-0.3, -0.25) is 4.79 Å². The number of carbonyl (C=O) groups is 1. The normalized spacial score (nSPS) is 16.6. The van der Waals surface area contributed by atoms with Gasteiger partial charge >= 0.3 is 6.18 Å². The van der Waals surface area contributed by atoms with Crippen LogP contribution in [0.15, 0.2) is 12.1 Å². The predicted molar refractivity (Wildman–Crippen MR) is 69.6 cm³/mol. The van der Waals surface area contributed by atoms with Crippen molar-refractivity contribution in [1.29, 1.82) is 0 Å². The van der Waals surface area contributed by atoms with E-state index in [-0.39, 0.29) is 23.4 Å². The van der Waals surface area contributed by atoms with Crippen LogP contribution in [0.25, 0.3) is 0 Å². The molecule has 116 valence electrons. The monoisotopic (exact) mass is 303 g/mol. The van der Waals surface area contributed by atoms with E-state index in [9.17, 15) is 18.0 Å². The number of nitrogens with zero attached hydrogens (tertiary/aromatic N) is 1. The summed E-state index contributed by atoms with van der Waals surface area (Å²) < 4.78 is 38.0. The van der Waals surface area contributed by atoms with Crippen LogP contribution in [0.4, 0.5) is 19.0 Å². The van der Waals surface area contributed by atoms with Crippen LogP contribution in [0.5, 0.6) is 0 Å². The highest BCUT2D eigenvalue weighted by molar-refractivity contribution is 5.97. The van der Waals surface area contributed by atoms with Crippen molar-refractivity contribution in [3.05, 3.63) is 23.4 Å². The molecule has 0 radical (unpaired) electrons. The molecular weight excluding hydrogens is 287 g/mol. The van der Waals surface area contributed by atoms with Gasteiger partial charge in [0, 0.05) is 13.2 Å². The SMILES string of the molecule is NC(=O)c1ccc(C(F)(F)F)nc1NCC1(CCO)CC1. The Labute approximate surface area is 119 Å². The molecule has 2 rings (SSSR count). The lowest BCUT2D eigenvalue weighted by atomic mass is 10.0. The van der Waals surface area contributed by atoms with Crippen LogP contribution >= 0.6 is 0 Å². The molecular formula is C13H16F3N3O2. The average molecular weight is 303 g/mol. The summed E-state index contributed by atoms with van der Waals surface area (Å²) in [4.78, 5) is 14.7. The first kappa shape index (κ1) is 15.6. The third kappa shape index (κ3) is 3.63. The topological polar surface area (TPSA) is 88.2 Å². The maximum absolute atomic E-state index is 12.7. The molecule has 1 heterocycles. The Morgan fingerprint density at radius 1 is 1.43 bits per heavy atom. The number of primary amides is 1. The Balaban J connectivity index is 2.21. The first-order chi connectivity index (χ1) is 9.77. The molecule has 1 saturated carbocycles. The van der Waals surface area contributed by atoms with Crippen molar-refractivity contribution in [1.82, 2.24) is 4.98 Å². The van der Waals surface area contributed by atoms with Gasteiger partial charge in [-0.2, -0.15) is 13.2 Å². The fraction of sp³-hybridized carbons (Fsp3) is 0.538. The Morgan fingerprint density at radius 2 is 2.10 bits per heavy atom. The highest BCUT2D eigenvalue weighted by Crippen LogP contribution is 2.48. The minimum Gasteiger partial charge on any atom is -0.396 e. The Hall–Kier alpha value is -1.83. The zero-order valence-corrected chi connectivity index (χ0v) is 11.2. The fourth-order valence-corrected chi connectivity index (χ4v) is 2.15. The van der Waals surface area contributed by atoms with E-state index in [2.05, 4.69) is 10.3 Å². The molecule has 0 bridgehead atoms. The van der Waals surface area contributed by atoms with Crippen molar-refractivity contribution in [2.24, 2.45) is 11.1 Å². The van der Waals surface area contributed by atoms with Gasteiger partial charge in [0.2, 0.25) is 0 Å². The Bertz CT molecular complexity index is 542. The molecule has 5 nitrogen and oxygen atoms in total. The van der Waals surface area contributed by atoms with E-state index in [0.29, 0.717) is 13.0 Å².